The van der Waals surface area contributed by atoms with Gasteiger partial charge >= 0.3 is 0 Å². The lowest BCUT2D eigenvalue weighted by Gasteiger charge is -2.28. The SMILES string of the molecule is CCCCC(C)(OCC)C(=O)Nc1ccc(OCC(=O)N2CCCC2)cc1. The third-order valence-electron chi connectivity index (χ3n) is 4.88. The van der Waals surface area contributed by atoms with Crippen LogP contribution in [0, 0.1) is 0 Å². The molecule has 1 aromatic rings. The number of amides is 2. The highest BCUT2D eigenvalue weighted by atomic mass is 16.5. The molecular weight excluding hydrogens is 344 g/mol. The van der Waals surface area contributed by atoms with Crippen LogP contribution < -0.4 is 10.1 Å². The molecule has 2 rings (SSSR count). The van der Waals surface area contributed by atoms with Crippen molar-refractivity contribution in [2.75, 3.05) is 31.6 Å². The number of unbranched alkanes of at least 4 members (excludes halogenated alkanes) is 1. The van der Waals surface area contributed by atoms with Crippen LogP contribution >= 0.6 is 0 Å². The number of ether oxygens (including phenoxy) is 2. The van der Waals surface area contributed by atoms with Crippen molar-refractivity contribution in [1.29, 1.82) is 0 Å². The van der Waals surface area contributed by atoms with Crippen molar-refractivity contribution in [2.24, 2.45) is 0 Å². The summed E-state index contributed by atoms with van der Waals surface area (Å²) in [5.74, 6) is 0.489. The van der Waals surface area contributed by atoms with Crippen molar-refractivity contribution < 1.29 is 19.1 Å². The lowest BCUT2D eigenvalue weighted by Crippen LogP contribution is -2.42. The molecule has 0 aromatic heterocycles. The molecule has 150 valence electrons. The molecule has 1 saturated heterocycles. The predicted octanol–water partition coefficient (Wildman–Crippen LogP) is 3.61. The van der Waals surface area contributed by atoms with Crippen LogP contribution in [0.2, 0.25) is 0 Å². The second kappa shape index (κ2) is 10.3. The molecular formula is C21H32N2O4. The number of rotatable bonds is 10. The molecule has 1 fully saturated rings. The van der Waals surface area contributed by atoms with Gasteiger partial charge in [-0.3, -0.25) is 9.59 Å². The van der Waals surface area contributed by atoms with E-state index < -0.39 is 5.60 Å². The molecule has 1 aliphatic rings. The summed E-state index contributed by atoms with van der Waals surface area (Å²) >= 11 is 0. The molecule has 0 bridgehead atoms. The molecule has 1 aliphatic heterocycles. The molecule has 0 spiro atoms. The molecule has 6 heteroatoms. The third kappa shape index (κ3) is 6.24. The number of likely N-dealkylation sites (tertiary alicyclic amines) is 1. The van der Waals surface area contributed by atoms with E-state index in [0.29, 0.717) is 24.5 Å². The highest BCUT2D eigenvalue weighted by molar-refractivity contribution is 5.97. The Hall–Kier alpha value is -2.08. The highest BCUT2D eigenvalue weighted by Crippen LogP contribution is 2.23. The Bertz CT molecular complexity index is 611. The van der Waals surface area contributed by atoms with Gasteiger partial charge in [-0.2, -0.15) is 0 Å². The largest absolute Gasteiger partial charge is 0.484 e. The average Bonchev–Trinajstić information content (AvgIpc) is 3.20. The van der Waals surface area contributed by atoms with Crippen LogP contribution in [-0.2, 0) is 14.3 Å². The van der Waals surface area contributed by atoms with Gasteiger partial charge in [-0.05, 0) is 57.4 Å². The normalized spacial score (nSPS) is 16.0. The fourth-order valence-corrected chi connectivity index (χ4v) is 3.18. The Kier molecular flexibility index (Phi) is 8.10. The molecule has 1 atom stereocenters. The zero-order valence-corrected chi connectivity index (χ0v) is 16.8. The Labute approximate surface area is 162 Å². The summed E-state index contributed by atoms with van der Waals surface area (Å²) in [5.41, 5.74) is -0.150. The van der Waals surface area contributed by atoms with E-state index in [1.807, 2.05) is 18.7 Å². The van der Waals surface area contributed by atoms with E-state index in [9.17, 15) is 9.59 Å². The lowest BCUT2D eigenvalue weighted by molar-refractivity contribution is -0.139. The highest BCUT2D eigenvalue weighted by Gasteiger charge is 2.33. The first kappa shape index (κ1) is 21.2. The van der Waals surface area contributed by atoms with Crippen molar-refractivity contribution in [3.63, 3.8) is 0 Å². The van der Waals surface area contributed by atoms with Gasteiger partial charge in [0.25, 0.3) is 11.8 Å². The van der Waals surface area contributed by atoms with Crippen LogP contribution in [0.3, 0.4) is 0 Å². The van der Waals surface area contributed by atoms with Crippen molar-refractivity contribution >= 4 is 17.5 Å². The third-order valence-corrected chi connectivity index (χ3v) is 4.88. The fraction of sp³-hybridized carbons (Fsp3) is 0.619. The van der Waals surface area contributed by atoms with Crippen LogP contribution in [-0.4, -0.2) is 48.6 Å². The summed E-state index contributed by atoms with van der Waals surface area (Å²) in [7, 11) is 0. The number of hydrogen-bond donors (Lipinski definition) is 1. The molecule has 1 aromatic carbocycles. The van der Waals surface area contributed by atoms with E-state index in [2.05, 4.69) is 12.2 Å². The second-order valence-electron chi connectivity index (χ2n) is 7.12. The van der Waals surface area contributed by atoms with Gasteiger partial charge in [0.05, 0.1) is 0 Å². The summed E-state index contributed by atoms with van der Waals surface area (Å²) < 4.78 is 11.3. The summed E-state index contributed by atoms with van der Waals surface area (Å²) in [6, 6.07) is 7.08. The number of hydrogen-bond acceptors (Lipinski definition) is 4. The molecule has 0 radical (unpaired) electrons. The summed E-state index contributed by atoms with van der Waals surface area (Å²) in [6.45, 7) is 8.01. The Morgan fingerprint density at radius 1 is 1.15 bits per heavy atom. The number of nitrogens with one attached hydrogen (secondary N) is 1. The van der Waals surface area contributed by atoms with Crippen molar-refractivity contribution in [3.8, 4) is 5.75 Å². The Morgan fingerprint density at radius 3 is 2.41 bits per heavy atom. The number of anilines is 1. The van der Waals surface area contributed by atoms with E-state index >= 15 is 0 Å². The smallest absolute Gasteiger partial charge is 0.260 e. The minimum atomic E-state index is -0.831. The van der Waals surface area contributed by atoms with Crippen molar-refractivity contribution in [1.82, 2.24) is 4.90 Å². The van der Waals surface area contributed by atoms with E-state index in [-0.39, 0.29) is 18.4 Å². The molecule has 1 heterocycles. The lowest BCUT2D eigenvalue weighted by atomic mass is 9.97. The zero-order valence-electron chi connectivity index (χ0n) is 16.8. The van der Waals surface area contributed by atoms with Crippen LogP contribution in [0.15, 0.2) is 24.3 Å². The molecule has 0 saturated carbocycles. The molecule has 6 nitrogen and oxygen atoms in total. The summed E-state index contributed by atoms with van der Waals surface area (Å²) in [6.07, 6.45) is 4.76. The molecule has 1 N–H and O–H groups in total. The number of carbonyl (C=O) groups is 2. The zero-order chi connectivity index (χ0) is 19.7. The topological polar surface area (TPSA) is 67.9 Å². The van der Waals surface area contributed by atoms with Crippen molar-refractivity contribution in [2.45, 2.75) is 58.5 Å². The van der Waals surface area contributed by atoms with Gasteiger partial charge < -0.3 is 19.7 Å². The van der Waals surface area contributed by atoms with Gasteiger partial charge in [-0.1, -0.05) is 19.8 Å². The van der Waals surface area contributed by atoms with Gasteiger partial charge in [-0.15, -0.1) is 0 Å². The standard InChI is InChI=1S/C21H32N2O4/c1-4-6-13-21(3,27-5-2)20(25)22-17-9-11-18(12-10-17)26-16-19(24)23-14-7-8-15-23/h9-12H,4-8,13-16H2,1-3H3,(H,22,25). The average molecular weight is 376 g/mol. The number of nitrogens with zero attached hydrogens (tertiary/aromatic N) is 1. The predicted molar refractivity (Wildman–Crippen MR) is 106 cm³/mol. The summed E-state index contributed by atoms with van der Waals surface area (Å²) in [4.78, 5) is 26.5. The second-order valence-corrected chi connectivity index (χ2v) is 7.12. The van der Waals surface area contributed by atoms with Gasteiger partial charge in [0.1, 0.15) is 11.4 Å². The van der Waals surface area contributed by atoms with E-state index in [1.165, 1.54) is 0 Å². The maximum absolute atomic E-state index is 12.7. The minimum absolute atomic E-state index is 0.0216. The van der Waals surface area contributed by atoms with Crippen LogP contribution in [0.25, 0.3) is 0 Å². The van der Waals surface area contributed by atoms with Gasteiger partial charge in [0.15, 0.2) is 6.61 Å². The van der Waals surface area contributed by atoms with Crippen LogP contribution in [0.4, 0.5) is 5.69 Å². The van der Waals surface area contributed by atoms with Crippen LogP contribution in [0.5, 0.6) is 5.75 Å². The molecule has 27 heavy (non-hydrogen) atoms. The van der Waals surface area contributed by atoms with E-state index in [4.69, 9.17) is 9.47 Å². The van der Waals surface area contributed by atoms with E-state index in [0.717, 1.165) is 38.8 Å². The first-order chi connectivity index (χ1) is 13.0. The van der Waals surface area contributed by atoms with Gasteiger partial charge in [0, 0.05) is 25.4 Å². The van der Waals surface area contributed by atoms with Gasteiger partial charge in [-0.25, -0.2) is 0 Å². The maximum atomic E-state index is 12.7. The number of benzene rings is 1. The molecule has 2 amide bonds. The Balaban J connectivity index is 1.88. The first-order valence-electron chi connectivity index (χ1n) is 9.94. The maximum Gasteiger partial charge on any atom is 0.260 e. The number of carbonyl (C=O) groups excluding carboxylic acids is 2. The van der Waals surface area contributed by atoms with Crippen molar-refractivity contribution in [3.05, 3.63) is 24.3 Å². The molecule has 1 unspecified atom stereocenters. The first-order valence-corrected chi connectivity index (χ1v) is 9.94. The minimum Gasteiger partial charge on any atom is -0.484 e. The molecule has 0 aliphatic carbocycles. The van der Waals surface area contributed by atoms with Gasteiger partial charge in [0.2, 0.25) is 0 Å². The monoisotopic (exact) mass is 376 g/mol. The quantitative estimate of drug-likeness (QED) is 0.677. The Morgan fingerprint density at radius 2 is 1.81 bits per heavy atom. The fourth-order valence-electron chi connectivity index (χ4n) is 3.18. The summed E-state index contributed by atoms with van der Waals surface area (Å²) in [5, 5.41) is 2.92. The van der Waals surface area contributed by atoms with Crippen LogP contribution in [0.1, 0.15) is 52.9 Å². The van der Waals surface area contributed by atoms with E-state index in [1.54, 1.807) is 24.3 Å².